The van der Waals surface area contributed by atoms with E-state index in [1.54, 1.807) is 0 Å². The lowest BCUT2D eigenvalue weighted by Crippen LogP contribution is -2.14. The van der Waals surface area contributed by atoms with E-state index in [4.69, 9.17) is 10.7 Å². The predicted molar refractivity (Wildman–Crippen MR) is 92.8 cm³/mol. The lowest BCUT2D eigenvalue weighted by atomic mass is 9.88. The molecule has 0 radical (unpaired) electrons. The largest absolute Gasteiger partial charge is 0.383 e. The van der Waals surface area contributed by atoms with E-state index in [9.17, 15) is 0 Å². The first kappa shape index (κ1) is 13.5. The van der Waals surface area contributed by atoms with Gasteiger partial charge in [-0.15, -0.1) is 0 Å². The molecule has 4 heteroatoms. The zero-order valence-electron chi connectivity index (χ0n) is 11.8. The Labute approximate surface area is 138 Å². The van der Waals surface area contributed by atoms with Crippen LogP contribution < -0.4 is 5.73 Å². The molecule has 4 rings (SSSR count). The average molecular weight is 391 g/mol. The smallest absolute Gasteiger partial charge is 0.141 e. The minimum Gasteiger partial charge on any atom is -0.383 e. The molecule has 2 N–H and O–H groups in total. The first-order valence-electron chi connectivity index (χ1n) is 7.60. The summed E-state index contributed by atoms with van der Waals surface area (Å²) in [5.41, 5.74) is 8.28. The Balaban J connectivity index is 1.78. The Hall–Kier alpha value is -1.17. The number of benzene rings is 1. The van der Waals surface area contributed by atoms with Gasteiger partial charge in [-0.3, -0.25) is 0 Å². The van der Waals surface area contributed by atoms with Crippen LogP contribution in [0.2, 0.25) is 0 Å². The molecule has 1 heterocycles. The molecule has 108 valence electrons. The molecule has 2 saturated carbocycles. The molecule has 2 fully saturated rings. The lowest BCUT2D eigenvalue weighted by molar-refractivity contribution is 0.406. The van der Waals surface area contributed by atoms with Crippen LogP contribution in [0.5, 0.6) is 0 Å². The fraction of sp³-hybridized carbons (Fsp3) is 0.412. The number of hydrogen-bond donors (Lipinski definition) is 1. The molecule has 3 unspecified atom stereocenters. The zero-order valence-corrected chi connectivity index (χ0v) is 14.0. The van der Waals surface area contributed by atoms with Gasteiger partial charge in [-0.1, -0.05) is 36.8 Å². The van der Waals surface area contributed by atoms with Gasteiger partial charge < -0.3 is 5.73 Å². The molecule has 2 aromatic rings. The molecule has 1 aromatic carbocycles. The normalized spacial score (nSPS) is 27.2. The summed E-state index contributed by atoms with van der Waals surface area (Å²) in [4.78, 5) is 9.52. The van der Waals surface area contributed by atoms with Gasteiger partial charge in [-0.05, 0) is 53.7 Å². The summed E-state index contributed by atoms with van der Waals surface area (Å²) in [5.74, 6) is 3.79. The van der Waals surface area contributed by atoms with Gasteiger partial charge in [0.25, 0.3) is 0 Å². The van der Waals surface area contributed by atoms with Crippen LogP contribution in [0.15, 0.2) is 30.3 Å². The Morgan fingerprint density at radius 1 is 1.05 bits per heavy atom. The molecule has 0 amide bonds. The van der Waals surface area contributed by atoms with E-state index in [2.05, 4.69) is 39.7 Å². The van der Waals surface area contributed by atoms with Crippen LogP contribution in [0.1, 0.15) is 37.4 Å². The molecule has 1 aromatic heterocycles. The van der Waals surface area contributed by atoms with E-state index in [1.807, 2.05) is 18.2 Å². The maximum absolute atomic E-state index is 6.17. The molecule has 2 aliphatic rings. The van der Waals surface area contributed by atoms with Gasteiger partial charge >= 0.3 is 0 Å². The van der Waals surface area contributed by atoms with Gasteiger partial charge in [0, 0.05) is 11.5 Å². The Morgan fingerprint density at radius 3 is 2.52 bits per heavy atom. The number of fused-ring (bicyclic) bond motifs is 2. The molecule has 3 nitrogen and oxygen atoms in total. The van der Waals surface area contributed by atoms with Crippen LogP contribution in [-0.4, -0.2) is 9.97 Å². The molecular weight excluding hydrogens is 373 g/mol. The van der Waals surface area contributed by atoms with E-state index in [0.717, 1.165) is 32.5 Å². The van der Waals surface area contributed by atoms with Gasteiger partial charge in [-0.2, -0.15) is 0 Å². The molecule has 21 heavy (non-hydrogen) atoms. The highest BCUT2D eigenvalue weighted by atomic mass is 127. The Morgan fingerprint density at radius 2 is 1.86 bits per heavy atom. The number of nitrogen functional groups attached to an aromatic ring is 1. The standard InChI is InChI=1S/C17H18IN3/c18-14-15(11-4-2-1-3-5-11)20-17(21-16(14)19)13-9-10-6-7-12(13)8-10/h1-5,10,12-13H,6-9H2,(H2,19,20,21). The highest BCUT2D eigenvalue weighted by molar-refractivity contribution is 14.1. The number of anilines is 1. The Kier molecular flexibility index (Phi) is 3.36. The molecule has 0 aliphatic heterocycles. The number of nitrogens with zero attached hydrogens (tertiary/aromatic N) is 2. The van der Waals surface area contributed by atoms with Crippen molar-refractivity contribution in [2.24, 2.45) is 11.8 Å². The first-order chi connectivity index (χ1) is 10.2. The van der Waals surface area contributed by atoms with E-state index in [1.165, 1.54) is 25.7 Å². The van der Waals surface area contributed by atoms with Crippen molar-refractivity contribution in [3.8, 4) is 11.3 Å². The molecule has 0 spiro atoms. The maximum atomic E-state index is 6.17. The lowest BCUT2D eigenvalue weighted by Gasteiger charge is -2.21. The van der Waals surface area contributed by atoms with Crippen molar-refractivity contribution in [3.05, 3.63) is 39.7 Å². The summed E-state index contributed by atoms with van der Waals surface area (Å²) in [6.45, 7) is 0. The maximum Gasteiger partial charge on any atom is 0.141 e. The van der Waals surface area contributed by atoms with Gasteiger partial charge in [0.05, 0.1) is 9.26 Å². The number of aromatic nitrogens is 2. The minimum atomic E-state index is 0.519. The molecule has 3 atom stereocenters. The third-order valence-electron chi connectivity index (χ3n) is 5.01. The van der Waals surface area contributed by atoms with Crippen molar-refractivity contribution < 1.29 is 0 Å². The number of halogens is 1. The minimum absolute atomic E-state index is 0.519. The van der Waals surface area contributed by atoms with Gasteiger partial charge in [0.2, 0.25) is 0 Å². The van der Waals surface area contributed by atoms with Crippen molar-refractivity contribution in [1.82, 2.24) is 9.97 Å². The zero-order chi connectivity index (χ0) is 14.4. The SMILES string of the molecule is Nc1nc(C2CC3CCC2C3)nc(-c2ccccc2)c1I. The van der Waals surface area contributed by atoms with E-state index in [-0.39, 0.29) is 0 Å². The molecule has 2 bridgehead atoms. The third kappa shape index (κ3) is 2.33. The number of hydrogen-bond acceptors (Lipinski definition) is 3. The predicted octanol–water partition coefficient (Wildman–Crippen LogP) is 4.23. The quantitative estimate of drug-likeness (QED) is 0.780. The van der Waals surface area contributed by atoms with E-state index in [0.29, 0.717) is 11.7 Å². The summed E-state index contributed by atoms with van der Waals surface area (Å²) in [7, 11) is 0. The Bertz CT molecular complexity index is 671. The van der Waals surface area contributed by atoms with Crippen molar-refractivity contribution >= 4 is 28.4 Å². The van der Waals surface area contributed by atoms with Crippen LogP contribution in [-0.2, 0) is 0 Å². The van der Waals surface area contributed by atoms with Gasteiger partial charge in [0.15, 0.2) is 0 Å². The van der Waals surface area contributed by atoms with Gasteiger partial charge in [-0.25, -0.2) is 9.97 Å². The summed E-state index contributed by atoms with van der Waals surface area (Å²) in [6, 6.07) is 10.3. The summed E-state index contributed by atoms with van der Waals surface area (Å²) < 4.78 is 0.964. The molecular formula is C17H18IN3. The number of rotatable bonds is 2. The van der Waals surface area contributed by atoms with Crippen LogP contribution in [0.25, 0.3) is 11.3 Å². The molecule has 0 saturated heterocycles. The van der Waals surface area contributed by atoms with Crippen molar-refractivity contribution in [3.63, 3.8) is 0 Å². The number of nitrogens with two attached hydrogens (primary N) is 1. The van der Waals surface area contributed by atoms with E-state index < -0.39 is 0 Å². The second-order valence-electron chi connectivity index (χ2n) is 6.28. The van der Waals surface area contributed by atoms with Crippen LogP contribution in [0.3, 0.4) is 0 Å². The first-order valence-corrected chi connectivity index (χ1v) is 8.68. The average Bonchev–Trinajstić information content (AvgIpc) is 3.13. The van der Waals surface area contributed by atoms with Crippen molar-refractivity contribution in [2.45, 2.75) is 31.6 Å². The second kappa shape index (κ2) is 5.23. The third-order valence-corrected chi connectivity index (χ3v) is 6.07. The molecule has 2 aliphatic carbocycles. The summed E-state index contributed by atoms with van der Waals surface area (Å²) >= 11 is 2.26. The monoisotopic (exact) mass is 391 g/mol. The fourth-order valence-electron chi connectivity index (χ4n) is 4.00. The highest BCUT2D eigenvalue weighted by Crippen LogP contribution is 2.52. The van der Waals surface area contributed by atoms with Crippen LogP contribution >= 0.6 is 22.6 Å². The highest BCUT2D eigenvalue weighted by Gasteiger charge is 2.41. The van der Waals surface area contributed by atoms with Gasteiger partial charge in [0.1, 0.15) is 11.6 Å². The summed E-state index contributed by atoms with van der Waals surface area (Å²) in [6.07, 6.45) is 5.34. The van der Waals surface area contributed by atoms with E-state index >= 15 is 0 Å². The fourth-order valence-corrected chi connectivity index (χ4v) is 4.55. The van der Waals surface area contributed by atoms with Crippen LogP contribution in [0, 0.1) is 15.4 Å². The second-order valence-corrected chi connectivity index (χ2v) is 7.36. The van der Waals surface area contributed by atoms with Crippen LogP contribution in [0.4, 0.5) is 5.82 Å². The topological polar surface area (TPSA) is 51.8 Å². The summed E-state index contributed by atoms with van der Waals surface area (Å²) in [5, 5.41) is 0. The van der Waals surface area contributed by atoms with Crippen molar-refractivity contribution in [2.75, 3.05) is 5.73 Å². The van der Waals surface area contributed by atoms with Crippen molar-refractivity contribution in [1.29, 1.82) is 0 Å².